The van der Waals surface area contributed by atoms with Crippen LogP contribution in [0, 0.1) is 0 Å². The maximum absolute atomic E-state index is 12.7. The second kappa shape index (κ2) is 11.1. The Bertz CT molecular complexity index is 1040. The van der Waals surface area contributed by atoms with E-state index < -0.39 is 27.0 Å². The van der Waals surface area contributed by atoms with Gasteiger partial charge in [-0.25, -0.2) is 13.2 Å². The third-order valence-corrected chi connectivity index (χ3v) is 8.23. The molecule has 0 amide bonds. The van der Waals surface area contributed by atoms with E-state index in [2.05, 4.69) is 19.5 Å². The van der Waals surface area contributed by atoms with Gasteiger partial charge in [-0.15, -0.1) is 0 Å². The third kappa shape index (κ3) is 5.79. The summed E-state index contributed by atoms with van der Waals surface area (Å²) in [5, 5.41) is -0.681. The Morgan fingerprint density at radius 3 is 2.03 bits per heavy atom. The van der Waals surface area contributed by atoms with Crippen LogP contribution < -0.4 is 19.3 Å². The highest BCUT2D eigenvalue weighted by Crippen LogP contribution is 2.27. The van der Waals surface area contributed by atoms with Crippen molar-refractivity contribution in [3.8, 4) is 5.75 Å². The van der Waals surface area contributed by atoms with Crippen molar-refractivity contribution < 1.29 is 22.7 Å². The summed E-state index contributed by atoms with van der Waals surface area (Å²) in [6.45, 7) is 8.53. The fourth-order valence-electron chi connectivity index (χ4n) is 3.81. The van der Waals surface area contributed by atoms with Gasteiger partial charge in [-0.3, -0.25) is 4.98 Å². The van der Waals surface area contributed by atoms with E-state index in [0.29, 0.717) is 12.2 Å². The molecule has 0 bridgehead atoms. The van der Waals surface area contributed by atoms with Crippen LogP contribution in [0.4, 0.5) is 11.4 Å². The minimum atomic E-state index is -3.80. The lowest BCUT2D eigenvalue weighted by Crippen LogP contribution is -2.60. The van der Waals surface area contributed by atoms with Crippen molar-refractivity contribution in [2.45, 2.75) is 44.6 Å². The Morgan fingerprint density at radius 2 is 1.56 bits per heavy atom. The average Bonchev–Trinajstić information content (AvgIpc) is 2.88. The van der Waals surface area contributed by atoms with Crippen LogP contribution in [-0.4, -0.2) is 63.6 Å². The quantitative estimate of drug-likeness (QED) is 0.401. The van der Waals surface area contributed by atoms with Crippen LogP contribution in [-0.2, 0) is 19.6 Å². The number of benzene rings is 1. The molecule has 0 spiro atoms. The summed E-state index contributed by atoms with van der Waals surface area (Å²) in [5.74, 6) is -0.420. The summed E-state index contributed by atoms with van der Waals surface area (Å²) in [7, 11) is -2.59. The zero-order valence-electron chi connectivity index (χ0n) is 20.2. The van der Waals surface area contributed by atoms with Gasteiger partial charge in [-0.2, -0.15) is 4.72 Å². The van der Waals surface area contributed by atoms with Crippen LogP contribution in [0.5, 0.6) is 5.75 Å². The molecule has 1 N–H and O–H groups in total. The first-order valence-corrected chi connectivity index (χ1v) is 13.1. The Morgan fingerprint density at radius 1 is 1.03 bits per heavy atom. The van der Waals surface area contributed by atoms with Crippen molar-refractivity contribution in [3.63, 3.8) is 0 Å². The Kier molecular flexibility index (Phi) is 8.37. The molecule has 1 aliphatic rings. The SMILES string of the molecule is CCC(C)S(=O)(=O)NC(CC)(Oc1ccc(N2CCN(c3ccncc3)CC2)cc1)C(=O)OC. The average molecular weight is 491 g/mol. The molecule has 0 aliphatic carbocycles. The van der Waals surface area contributed by atoms with Gasteiger partial charge in [0.05, 0.1) is 12.4 Å². The lowest BCUT2D eigenvalue weighted by molar-refractivity contribution is -0.160. The molecule has 1 fully saturated rings. The number of esters is 1. The molecule has 34 heavy (non-hydrogen) atoms. The van der Waals surface area contributed by atoms with Crippen LogP contribution in [0.1, 0.15) is 33.6 Å². The number of sulfonamides is 1. The Labute approximate surface area is 202 Å². The van der Waals surface area contributed by atoms with Gasteiger partial charge in [-0.05, 0) is 49.7 Å². The molecule has 1 aliphatic heterocycles. The topological polar surface area (TPSA) is 101 Å². The van der Waals surface area contributed by atoms with Gasteiger partial charge in [0.1, 0.15) is 5.75 Å². The second-order valence-electron chi connectivity index (χ2n) is 8.31. The standard InChI is InChI=1S/C24H34N4O5S/c1-5-19(3)34(30,31)26-24(6-2,23(29)32-4)33-22-9-7-20(8-10-22)27-15-17-28(18-16-27)21-11-13-25-14-12-21/h7-14,19,26H,5-6,15-18H2,1-4H3. The van der Waals surface area contributed by atoms with E-state index in [1.807, 2.05) is 24.3 Å². The molecule has 1 saturated heterocycles. The summed E-state index contributed by atoms with van der Waals surface area (Å²) in [6.07, 6.45) is 4.07. The van der Waals surface area contributed by atoms with Crippen molar-refractivity contribution in [3.05, 3.63) is 48.8 Å². The van der Waals surface area contributed by atoms with Crippen LogP contribution in [0.15, 0.2) is 48.8 Å². The number of aromatic nitrogens is 1. The van der Waals surface area contributed by atoms with Crippen molar-refractivity contribution in [2.24, 2.45) is 0 Å². The lowest BCUT2D eigenvalue weighted by atomic mass is 10.1. The molecule has 0 radical (unpaired) electrons. The molecule has 10 heteroatoms. The largest absolute Gasteiger partial charge is 0.465 e. The summed E-state index contributed by atoms with van der Waals surface area (Å²) in [6, 6.07) is 11.3. The van der Waals surface area contributed by atoms with E-state index in [0.717, 1.165) is 37.6 Å². The minimum absolute atomic E-state index is 0.0635. The molecule has 1 aromatic carbocycles. The summed E-state index contributed by atoms with van der Waals surface area (Å²) >= 11 is 0. The fraction of sp³-hybridized carbons (Fsp3) is 0.500. The first kappa shape index (κ1) is 25.8. The van der Waals surface area contributed by atoms with E-state index >= 15 is 0 Å². The lowest BCUT2D eigenvalue weighted by Gasteiger charge is -2.37. The number of carbonyl (C=O) groups excluding carboxylic acids is 1. The number of anilines is 2. The number of rotatable bonds is 10. The zero-order chi connectivity index (χ0) is 24.8. The van der Waals surface area contributed by atoms with Gasteiger partial charge in [0.25, 0.3) is 5.72 Å². The van der Waals surface area contributed by atoms with Crippen LogP contribution in [0.3, 0.4) is 0 Å². The molecule has 2 unspecified atom stereocenters. The van der Waals surface area contributed by atoms with E-state index in [9.17, 15) is 13.2 Å². The molecule has 0 saturated carbocycles. The monoisotopic (exact) mass is 490 g/mol. The van der Waals surface area contributed by atoms with Crippen molar-refractivity contribution in [1.29, 1.82) is 0 Å². The van der Waals surface area contributed by atoms with Gasteiger partial charge in [-0.1, -0.05) is 13.8 Å². The first-order chi connectivity index (χ1) is 16.2. The highest BCUT2D eigenvalue weighted by Gasteiger charge is 2.45. The summed E-state index contributed by atoms with van der Waals surface area (Å²) < 4.78 is 38.8. The van der Waals surface area contributed by atoms with E-state index in [1.54, 1.807) is 45.3 Å². The number of hydrogen-bond donors (Lipinski definition) is 1. The molecule has 2 aromatic rings. The molecule has 9 nitrogen and oxygen atoms in total. The molecule has 186 valence electrons. The molecule has 1 aromatic heterocycles. The predicted molar refractivity (Wildman–Crippen MR) is 133 cm³/mol. The highest BCUT2D eigenvalue weighted by atomic mass is 32.2. The van der Waals surface area contributed by atoms with Crippen molar-refractivity contribution in [2.75, 3.05) is 43.1 Å². The molecular formula is C24H34N4O5S. The van der Waals surface area contributed by atoms with Crippen molar-refractivity contribution in [1.82, 2.24) is 9.71 Å². The molecular weight excluding hydrogens is 456 g/mol. The number of nitrogens with one attached hydrogen (secondary N) is 1. The van der Waals surface area contributed by atoms with Gasteiger partial charge in [0.15, 0.2) is 0 Å². The number of hydrogen-bond acceptors (Lipinski definition) is 8. The number of methoxy groups -OCH3 is 1. The van der Waals surface area contributed by atoms with Crippen molar-refractivity contribution >= 4 is 27.4 Å². The highest BCUT2D eigenvalue weighted by molar-refractivity contribution is 7.90. The number of piperazine rings is 1. The molecule has 2 atom stereocenters. The molecule has 3 rings (SSSR count). The third-order valence-electron chi connectivity index (χ3n) is 6.23. The van der Waals surface area contributed by atoms with Gasteiger partial charge in [0.2, 0.25) is 10.0 Å². The van der Waals surface area contributed by atoms with Crippen LogP contribution in [0.2, 0.25) is 0 Å². The Balaban J connectivity index is 1.71. The minimum Gasteiger partial charge on any atom is -0.465 e. The van der Waals surface area contributed by atoms with E-state index in [4.69, 9.17) is 9.47 Å². The zero-order valence-corrected chi connectivity index (χ0v) is 21.0. The van der Waals surface area contributed by atoms with Crippen LogP contribution in [0.25, 0.3) is 0 Å². The number of pyridine rings is 1. The van der Waals surface area contributed by atoms with Gasteiger partial charge >= 0.3 is 5.97 Å². The van der Waals surface area contributed by atoms with E-state index in [1.165, 1.54) is 7.11 Å². The smallest absolute Gasteiger partial charge is 0.367 e. The second-order valence-corrected chi connectivity index (χ2v) is 10.4. The van der Waals surface area contributed by atoms with Gasteiger partial charge < -0.3 is 19.3 Å². The maximum atomic E-state index is 12.7. The number of ether oxygens (including phenoxy) is 2. The van der Waals surface area contributed by atoms with E-state index in [-0.39, 0.29) is 6.42 Å². The summed E-state index contributed by atoms with van der Waals surface area (Å²) in [4.78, 5) is 21.3. The number of nitrogens with zero attached hydrogens (tertiary/aromatic N) is 3. The Hall–Kier alpha value is -2.85. The fourth-order valence-corrected chi connectivity index (χ4v) is 5.18. The first-order valence-electron chi connectivity index (χ1n) is 11.5. The molecule has 2 heterocycles. The van der Waals surface area contributed by atoms with Crippen LogP contribution >= 0.6 is 0 Å². The summed E-state index contributed by atoms with van der Waals surface area (Å²) in [5.41, 5.74) is 0.355. The predicted octanol–water partition coefficient (Wildman–Crippen LogP) is 2.78. The van der Waals surface area contributed by atoms with Gasteiger partial charge in [0, 0.05) is 56.4 Å². The number of carbonyl (C=O) groups is 1. The normalized spacial score (nSPS) is 17.1. The maximum Gasteiger partial charge on any atom is 0.367 e.